The molecule has 0 saturated carbocycles. The van der Waals surface area contributed by atoms with E-state index in [4.69, 9.17) is 4.74 Å². The first-order chi connectivity index (χ1) is 12.0. The van der Waals surface area contributed by atoms with E-state index in [9.17, 15) is 4.79 Å². The van der Waals surface area contributed by atoms with Crippen LogP contribution in [0.2, 0.25) is 0 Å². The maximum Gasteiger partial charge on any atom is 0.412 e. The summed E-state index contributed by atoms with van der Waals surface area (Å²) < 4.78 is 10.2. The first kappa shape index (κ1) is 18.6. The highest BCUT2D eigenvalue weighted by atomic mass is 16.5. The fourth-order valence-corrected chi connectivity index (χ4v) is 2.46. The summed E-state index contributed by atoms with van der Waals surface area (Å²) in [6.07, 6.45) is 5.50. The molecule has 1 atom stereocenters. The summed E-state index contributed by atoms with van der Waals surface area (Å²) in [7, 11) is 1.30. The zero-order valence-corrected chi connectivity index (χ0v) is 15.0. The van der Waals surface area contributed by atoms with Gasteiger partial charge in [0.05, 0.1) is 13.7 Å². The molecule has 2 heterocycles. The first-order valence-corrected chi connectivity index (χ1v) is 8.24. The second-order valence-corrected chi connectivity index (χ2v) is 6.35. The van der Waals surface area contributed by atoms with Gasteiger partial charge in [0.15, 0.2) is 0 Å². The number of aromatic nitrogens is 3. The number of nitrogens with one attached hydrogen (secondary N) is 1. The smallest absolute Gasteiger partial charge is 0.412 e. The van der Waals surface area contributed by atoms with Gasteiger partial charge in [-0.15, -0.1) is 0 Å². The fourth-order valence-electron chi connectivity index (χ4n) is 2.46. The van der Waals surface area contributed by atoms with Gasteiger partial charge in [-0.2, -0.15) is 0 Å². The molecule has 7 nitrogen and oxygen atoms in total. The Morgan fingerprint density at radius 1 is 1.16 bits per heavy atom. The molecule has 0 aliphatic rings. The number of anilines is 1. The van der Waals surface area contributed by atoms with E-state index < -0.39 is 6.09 Å². The minimum absolute atomic E-state index is 0.362. The van der Waals surface area contributed by atoms with E-state index in [2.05, 4.69) is 45.8 Å². The predicted molar refractivity (Wildman–Crippen MR) is 95.4 cm³/mol. The van der Waals surface area contributed by atoms with Crippen LogP contribution in [-0.2, 0) is 4.74 Å². The lowest BCUT2D eigenvalue weighted by molar-refractivity contribution is 0.187. The third-order valence-corrected chi connectivity index (χ3v) is 3.51. The number of hydrogen-bond acceptors (Lipinski definition) is 6. The highest BCUT2D eigenvalue weighted by Gasteiger charge is 2.09. The van der Waals surface area contributed by atoms with Gasteiger partial charge in [0.2, 0.25) is 0 Å². The van der Waals surface area contributed by atoms with E-state index in [0.29, 0.717) is 30.3 Å². The summed E-state index contributed by atoms with van der Waals surface area (Å²) in [5.74, 6) is 1.49. The second-order valence-electron chi connectivity index (χ2n) is 6.35. The normalized spacial score (nSPS) is 11.9. The zero-order valence-electron chi connectivity index (χ0n) is 15.0. The van der Waals surface area contributed by atoms with Crippen molar-refractivity contribution in [1.29, 1.82) is 0 Å². The minimum atomic E-state index is -0.569. The van der Waals surface area contributed by atoms with Crippen LogP contribution in [-0.4, -0.2) is 34.8 Å². The number of methoxy groups -OCH3 is 1. The van der Waals surface area contributed by atoms with E-state index in [1.165, 1.54) is 7.11 Å². The molecule has 0 radical (unpaired) electrons. The van der Waals surface area contributed by atoms with Gasteiger partial charge in [0, 0.05) is 24.2 Å². The molecule has 2 rings (SSSR count). The van der Waals surface area contributed by atoms with Crippen molar-refractivity contribution in [3.05, 3.63) is 30.7 Å². The molecule has 0 spiro atoms. The summed E-state index contributed by atoms with van der Waals surface area (Å²) >= 11 is 0. The molecule has 0 saturated heterocycles. The highest BCUT2D eigenvalue weighted by Crippen LogP contribution is 2.21. The van der Waals surface area contributed by atoms with Crippen LogP contribution in [0.15, 0.2) is 30.7 Å². The molecule has 0 aliphatic carbocycles. The average molecular weight is 344 g/mol. The van der Waals surface area contributed by atoms with E-state index in [0.717, 1.165) is 17.5 Å². The number of ether oxygens (including phenoxy) is 2. The standard InChI is InChI=1S/C18H24N4O3/c1-12(2)7-13(3)11-25-17-20-9-15(10-21-17)14-5-6-19-16(8-14)22-18(23)24-4/h5-6,8-10,12-13H,7,11H2,1-4H3,(H,19,22,23). The van der Waals surface area contributed by atoms with Crippen molar-refractivity contribution in [2.45, 2.75) is 27.2 Å². The zero-order chi connectivity index (χ0) is 18.2. The lowest BCUT2D eigenvalue weighted by Gasteiger charge is -2.14. The average Bonchev–Trinajstić information content (AvgIpc) is 2.60. The summed E-state index contributed by atoms with van der Waals surface area (Å²) in [5, 5.41) is 2.52. The van der Waals surface area contributed by atoms with Crippen LogP contribution >= 0.6 is 0 Å². The van der Waals surface area contributed by atoms with Gasteiger partial charge in [0.1, 0.15) is 5.82 Å². The molecule has 1 unspecified atom stereocenters. The Balaban J connectivity index is 2.00. The van der Waals surface area contributed by atoms with E-state index >= 15 is 0 Å². The van der Waals surface area contributed by atoms with Crippen LogP contribution in [0.3, 0.4) is 0 Å². The Morgan fingerprint density at radius 2 is 1.88 bits per heavy atom. The number of carbonyl (C=O) groups is 1. The minimum Gasteiger partial charge on any atom is -0.463 e. The lowest BCUT2D eigenvalue weighted by Crippen LogP contribution is -2.12. The van der Waals surface area contributed by atoms with Crippen molar-refractivity contribution in [3.8, 4) is 17.1 Å². The number of nitrogens with zero attached hydrogens (tertiary/aromatic N) is 3. The van der Waals surface area contributed by atoms with E-state index in [1.54, 1.807) is 24.7 Å². The molecular formula is C18H24N4O3. The Morgan fingerprint density at radius 3 is 2.52 bits per heavy atom. The van der Waals surface area contributed by atoms with Gasteiger partial charge in [-0.1, -0.05) is 20.8 Å². The SMILES string of the molecule is COC(=O)Nc1cc(-c2cnc(OCC(C)CC(C)C)nc2)ccn1. The third-order valence-electron chi connectivity index (χ3n) is 3.51. The van der Waals surface area contributed by atoms with Gasteiger partial charge in [-0.25, -0.2) is 19.7 Å². The van der Waals surface area contributed by atoms with Crippen LogP contribution < -0.4 is 10.1 Å². The van der Waals surface area contributed by atoms with Gasteiger partial charge in [-0.05, 0) is 36.0 Å². The Labute approximate surface area is 147 Å². The Kier molecular flexibility index (Phi) is 6.68. The van der Waals surface area contributed by atoms with Crippen LogP contribution in [0.4, 0.5) is 10.6 Å². The van der Waals surface area contributed by atoms with Crippen molar-refractivity contribution in [1.82, 2.24) is 15.0 Å². The second kappa shape index (κ2) is 8.96. The molecule has 0 aromatic carbocycles. The Hall–Kier alpha value is -2.70. The van der Waals surface area contributed by atoms with Gasteiger partial charge in [0.25, 0.3) is 0 Å². The molecule has 2 aromatic rings. The maximum atomic E-state index is 11.3. The lowest BCUT2D eigenvalue weighted by atomic mass is 10.00. The quantitative estimate of drug-likeness (QED) is 0.822. The third kappa shape index (κ3) is 6.02. The molecule has 134 valence electrons. The topological polar surface area (TPSA) is 86.2 Å². The van der Waals surface area contributed by atoms with Gasteiger partial charge in [-0.3, -0.25) is 5.32 Å². The largest absolute Gasteiger partial charge is 0.463 e. The molecule has 0 fully saturated rings. The molecule has 7 heteroatoms. The van der Waals surface area contributed by atoms with Gasteiger partial charge >= 0.3 is 12.1 Å². The van der Waals surface area contributed by atoms with Crippen LogP contribution in [0.25, 0.3) is 11.1 Å². The van der Waals surface area contributed by atoms with Crippen LogP contribution in [0, 0.1) is 11.8 Å². The predicted octanol–water partition coefficient (Wildman–Crippen LogP) is 3.78. The molecule has 0 bridgehead atoms. The monoisotopic (exact) mass is 344 g/mol. The summed E-state index contributed by atoms with van der Waals surface area (Å²) in [6, 6.07) is 3.90. The number of amides is 1. The summed E-state index contributed by atoms with van der Waals surface area (Å²) in [6.45, 7) is 7.14. The molecule has 2 aromatic heterocycles. The Bertz CT molecular complexity index is 689. The van der Waals surface area contributed by atoms with Crippen molar-refractivity contribution in [3.63, 3.8) is 0 Å². The van der Waals surface area contributed by atoms with Crippen molar-refractivity contribution in [2.75, 3.05) is 19.0 Å². The number of rotatable bonds is 7. The molecule has 1 amide bonds. The molecular weight excluding hydrogens is 320 g/mol. The number of carbonyl (C=O) groups excluding carboxylic acids is 1. The van der Waals surface area contributed by atoms with Crippen LogP contribution in [0.5, 0.6) is 6.01 Å². The van der Waals surface area contributed by atoms with E-state index in [-0.39, 0.29) is 0 Å². The molecule has 0 aliphatic heterocycles. The van der Waals surface area contributed by atoms with Crippen LogP contribution in [0.1, 0.15) is 27.2 Å². The van der Waals surface area contributed by atoms with Gasteiger partial charge < -0.3 is 9.47 Å². The number of hydrogen-bond donors (Lipinski definition) is 1. The fraction of sp³-hybridized carbons (Fsp3) is 0.444. The maximum absolute atomic E-state index is 11.3. The molecule has 1 N–H and O–H groups in total. The van der Waals surface area contributed by atoms with E-state index in [1.807, 2.05) is 6.07 Å². The summed E-state index contributed by atoms with van der Waals surface area (Å²) in [4.78, 5) is 23.8. The summed E-state index contributed by atoms with van der Waals surface area (Å²) in [5.41, 5.74) is 1.64. The van der Waals surface area contributed by atoms with Crippen molar-refractivity contribution in [2.24, 2.45) is 11.8 Å². The van der Waals surface area contributed by atoms with Crippen molar-refractivity contribution < 1.29 is 14.3 Å². The first-order valence-electron chi connectivity index (χ1n) is 8.24. The van der Waals surface area contributed by atoms with Crippen molar-refractivity contribution >= 4 is 11.9 Å². The number of pyridine rings is 1. The molecule has 25 heavy (non-hydrogen) atoms. The highest BCUT2D eigenvalue weighted by molar-refractivity contribution is 5.84.